The summed E-state index contributed by atoms with van der Waals surface area (Å²) in [5.41, 5.74) is 6.61. The lowest BCUT2D eigenvalue weighted by Gasteiger charge is -2.16. The molecule has 2 rings (SSSR count). The molecule has 0 bridgehead atoms. The third-order valence-electron chi connectivity index (χ3n) is 3.05. The molecule has 1 aromatic carbocycles. The number of halogens is 1. The van der Waals surface area contributed by atoms with E-state index in [2.05, 4.69) is 4.99 Å². The summed E-state index contributed by atoms with van der Waals surface area (Å²) in [7, 11) is 3.44. The van der Waals surface area contributed by atoms with Crippen LogP contribution in [0.1, 0.15) is 18.4 Å². The molecule has 0 amide bonds. The van der Waals surface area contributed by atoms with Crippen molar-refractivity contribution < 1.29 is 9.13 Å². The number of nitrogens with zero attached hydrogens (tertiary/aromatic N) is 2. The van der Waals surface area contributed by atoms with Crippen molar-refractivity contribution in [2.45, 2.75) is 25.4 Å². The summed E-state index contributed by atoms with van der Waals surface area (Å²) in [6.07, 6.45) is 2.33. The Morgan fingerprint density at radius 3 is 2.83 bits per heavy atom. The maximum absolute atomic E-state index is 13.3. The second-order valence-corrected chi connectivity index (χ2v) is 4.52. The van der Waals surface area contributed by atoms with Crippen LogP contribution >= 0.6 is 0 Å². The van der Waals surface area contributed by atoms with Gasteiger partial charge in [0.05, 0.1) is 13.7 Å². The number of methoxy groups -OCH3 is 1. The van der Waals surface area contributed by atoms with Crippen LogP contribution in [0.25, 0.3) is 0 Å². The summed E-state index contributed by atoms with van der Waals surface area (Å²) in [5, 5.41) is 0. The lowest BCUT2D eigenvalue weighted by Crippen LogP contribution is -2.35. The van der Waals surface area contributed by atoms with Gasteiger partial charge in [0.25, 0.3) is 0 Å². The van der Waals surface area contributed by atoms with Gasteiger partial charge in [0.15, 0.2) is 5.96 Å². The molecular weight excluding hydrogens is 233 g/mol. The van der Waals surface area contributed by atoms with E-state index in [4.69, 9.17) is 10.5 Å². The van der Waals surface area contributed by atoms with Gasteiger partial charge in [-0.05, 0) is 30.5 Å². The third kappa shape index (κ3) is 3.12. The molecule has 4 nitrogen and oxygen atoms in total. The van der Waals surface area contributed by atoms with Gasteiger partial charge in [-0.2, -0.15) is 0 Å². The highest BCUT2D eigenvalue weighted by atomic mass is 19.1. The summed E-state index contributed by atoms with van der Waals surface area (Å²) in [5.74, 6) is 0.670. The number of rotatable bonds is 4. The van der Waals surface area contributed by atoms with Crippen molar-refractivity contribution in [2.24, 2.45) is 10.7 Å². The molecule has 0 aromatic heterocycles. The molecular formula is C13H18FN3O. The number of hydrogen-bond acceptors (Lipinski definition) is 2. The zero-order valence-corrected chi connectivity index (χ0v) is 10.7. The Morgan fingerprint density at radius 2 is 2.22 bits per heavy atom. The van der Waals surface area contributed by atoms with Crippen LogP contribution in [0.5, 0.6) is 5.75 Å². The van der Waals surface area contributed by atoms with Crippen LogP contribution in [0.3, 0.4) is 0 Å². The molecule has 0 saturated heterocycles. The first-order valence-electron chi connectivity index (χ1n) is 5.96. The van der Waals surface area contributed by atoms with Gasteiger partial charge in [-0.3, -0.25) is 0 Å². The Morgan fingerprint density at radius 1 is 1.50 bits per heavy atom. The lowest BCUT2D eigenvalue weighted by molar-refractivity contribution is 0.410. The minimum atomic E-state index is -0.325. The van der Waals surface area contributed by atoms with E-state index in [9.17, 15) is 4.39 Å². The van der Waals surface area contributed by atoms with Crippen molar-refractivity contribution >= 4 is 5.96 Å². The Balaban J connectivity index is 2.04. The molecule has 1 saturated carbocycles. The quantitative estimate of drug-likeness (QED) is 0.655. The number of guanidine groups is 1. The van der Waals surface area contributed by atoms with Gasteiger partial charge < -0.3 is 15.4 Å². The zero-order chi connectivity index (χ0) is 13.1. The Hall–Kier alpha value is -1.78. The largest absolute Gasteiger partial charge is 0.497 e. The predicted octanol–water partition coefficient (Wildman–Crippen LogP) is 1.74. The SMILES string of the molecule is COc1cc(F)cc(CN=C(N)N(C)C2CC2)c1. The van der Waals surface area contributed by atoms with Crippen LogP contribution in [0.4, 0.5) is 4.39 Å². The third-order valence-corrected chi connectivity index (χ3v) is 3.05. The Kier molecular flexibility index (Phi) is 3.69. The smallest absolute Gasteiger partial charge is 0.191 e. The maximum atomic E-state index is 13.3. The van der Waals surface area contributed by atoms with Gasteiger partial charge in [0.2, 0.25) is 0 Å². The highest BCUT2D eigenvalue weighted by molar-refractivity contribution is 5.78. The topological polar surface area (TPSA) is 50.9 Å². The number of hydrogen-bond donors (Lipinski definition) is 1. The summed E-state index contributed by atoms with van der Waals surface area (Å²) < 4.78 is 18.3. The van der Waals surface area contributed by atoms with Crippen molar-refractivity contribution in [1.82, 2.24) is 4.90 Å². The number of ether oxygens (including phenoxy) is 1. The maximum Gasteiger partial charge on any atom is 0.191 e. The fourth-order valence-corrected chi connectivity index (χ4v) is 1.76. The van der Waals surface area contributed by atoms with Crippen molar-refractivity contribution in [3.05, 3.63) is 29.6 Å². The van der Waals surface area contributed by atoms with E-state index in [0.29, 0.717) is 24.3 Å². The van der Waals surface area contributed by atoms with E-state index in [-0.39, 0.29) is 5.82 Å². The summed E-state index contributed by atoms with van der Waals surface area (Å²) in [6.45, 7) is 0.358. The van der Waals surface area contributed by atoms with Gasteiger partial charge in [-0.25, -0.2) is 9.38 Å². The number of benzene rings is 1. The molecule has 18 heavy (non-hydrogen) atoms. The van der Waals surface area contributed by atoms with Gasteiger partial charge in [0, 0.05) is 19.2 Å². The van der Waals surface area contributed by atoms with E-state index in [1.165, 1.54) is 32.1 Å². The van der Waals surface area contributed by atoms with Crippen LogP contribution in [0.2, 0.25) is 0 Å². The van der Waals surface area contributed by atoms with Gasteiger partial charge in [0.1, 0.15) is 11.6 Å². The fourth-order valence-electron chi connectivity index (χ4n) is 1.76. The molecule has 1 fully saturated rings. The molecule has 5 heteroatoms. The first kappa shape index (κ1) is 12.7. The molecule has 0 unspecified atom stereocenters. The molecule has 2 N–H and O–H groups in total. The average molecular weight is 251 g/mol. The first-order valence-corrected chi connectivity index (χ1v) is 5.96. The second kappa shape index (κ2) is 5.25. The minimum absolute atomic E-state index is 0.325. The summed E-state index contributed by atoms with van der Waals surface area (Å²) in [6, 6.07) is 5.07. The van der Waals surface area contributed by atoms with E-state index >= 15 is 0 Å². The van der Waals surface area contributed by atoms with Crippen molar-refractivity contribution in [3.8, 4) is 5.75 Å². The zero-order valence-electron chi connectivity index (χ0n) is 10.7. The number of nitrogens with two attached hydrogens (primary N) is 1. The monoisotopic (exact) mass is 251 g/mol. The minimum Gasteiger partial charge on any atom is -0.497 e. The summed E-state index contributed by atoms with van der Waals surface area (Å²) >= 11 is 0. The van der Waals surface area contributed by atoms with E-state index in [0.717, 1.165) is 5.56 Å². The van der Waals surface area contributed by atoms with Gasteiger partial charge in [-0.15, -0.1) is 0 Å². The molecule has 0 radical (unpaired) electrons. The van der Waals surface area contributed by atoms with E-state index in [1.807, 2.05) is 11.9 Å². The van der Waals surface area contributed by atoms with Crippen molar-refractivity contribution in [1.29, 1.82) is 0 Å². The Labute approximate surface area is 106 Å². The molecule has 0 heterocycles. The van der Waals surface area contributed by atoms with Crippen molar-refractivity contribution in [2.75, 3.05) is 14.2 Å². The van der Waals surface area contributed by atoms with Crippen LogP contribution in [-0.4, -0.2) is 31.1 Å². The first-order chi connectivity index (χ1) is 8.60. The normalized spacial score (nSPS) is 15.6. The number of aliphatic imine (C=N–C) groups is 1. The standard InChI is InChI=1S/C13H18FN3O/c1-17(11-3-4-11)13(15)16-8-9-5-10(14)7-12(6-9)18-2/h5-7,11H,3-4,8H2,1-2H3,(H2,15,16). The lowest BCUT2D eigenvalue weighted by atomic mass is 10.2. The van der Waals surface area contributed by atoms with Gasteiger partial charge >= 0.3 is 0 Å². The molecule has 98 valence electrons. The molecule has 0 atom stereocenters. The van der Waals surface area contributed by atoms with Crippen LogP contribution in [-0.2, 0) is 6.54 Å². The predicted molar refractivity (Wildman–Crippen MR) is 69.1 cm³/mol. The summed E-state index contributed by atoms with van der Waals surface area (Å²) in [4.78, 5) is 6.24. The second-order valence-electron chi connectivity index (χ2n) is 4.52. The van der Waals surface area contributed by atoms with Crippen LogP contribution < -0.4 is 10.5 Å². The molecule has 1 aliphatic rings. The molecule has 0 aliphatic heterocycles. The van der Waals surface area contributed by atoms with Crippen molar-refractivity contribution in [3.63, 3.8) is 0 Å². The molecule has 1 aromatic rings. The highest BCUT2D eigenvalue weighted by Gasteiger charge is 2.27. The molecule has 1 aliphatic carbocycles. The van der Waals surface area contributed by atoms with Gasteiger partial charge in [-0.1, -0.05) is 0 Å². The van der Waals surface area contributed by atoms with E-state index in [1.54, 1.807) is 6.07 Å². The van der Waals surface area contributed by atoms with Crippen LogP contribution in [0, 0.1) is 5.82 Å². The fraction of sp³-hybridized carbons (Fsp3) is 0.462. The molecule has 0 spiro atoms. The van der Waals surface area contributed by atoms with Crippen LogP contribution in [0.15, 0.2) is 23.2 Å². The average Bonchev–Trinajstić information content (AvgIpc) is 3.18. The Bertz CT molecular complexity index is 458. The van der Waals surface area contributed by atoms with E-state index < -0.39 is 0 Å². The highest BCUT2D eigenvalue weighted by Crippen LogP contribution is 2.25.